The summed E-state index contributed by atoms with van der Waals surface area (Å²) in [7, 11) is 0. The fourth-order valence-corrected chi connectivity index (χ4v) is 4.30. The maximum absolute atomic E-state index is 10.8. The Morgan fingerprint density at radius 3 is 1.75 bits per heavy atom. The Bertz CT molecular complexity index is 1040. The van der Waals surface area contributed by atoms with Crippen LogP contribution in [0.5, 0.6) is 11.5 Å². The predicted molar refractivity (Wildman–Crippen MR) is 166 cm³/mol. The van der Waals surface area contributed by atoms with Gasteiger partial charge in [0.15, 0.2) is 12.6 Å². The topological polar surface area (TPSA) is 138 Å². The molecule has 2 aromatic carbocycles. The maximum Gasteiger partial charge on any atom is 1.00 e. The molecule has 2 saturated heterocycles. The Balaban J connectivity index is -0.000000269. The fourth-order valence-electron chi connectivity index (χ4n) is 3.39. The van der Waals surface area contributed by atoms with Gasteiger partial charge in [-0.2, -0.15) is 0 Å². The molecule has 4 rings (SSSR count). The van der Waals surface area contributed by atoms with Crippen molar-refractivity contribution in [2.75, 3.05) is 78.2 Å². The van der Waals surface area contributed by atoms with Crippen LogP contribution in [0.2, 0.25) is 0 Å². The summed E-state index contributed by atoms with van der Waals surface area (Å²) in [6, 6.07) is 9.97. The standard InChI is InChI=1S/C13H16BrNO3.C7H5BrO2.C6H12ClNO.CH2O3.CH4.2K.H/c14-13-2-1-12(9-11(13)10-16)18-8-5-15-3-6-17-7-4-15;8-7-2-1-6(10)3-5(7)4-9;7-1-2-8-3-5-9-6-4-8;2-1-4-3;;;;/h1-2,9-10H,3-8H2;1-4,10H;1-6H2;1,3H;1H4;;;/q;;;;;2*+1;-1/p-1. The molecular formula is C28H39Br2ClK2N2O9. The summed E-state index contributed by atoms with van der Waals surface area (Å²) in [5.41, 5.74) is 1.07. The van der Waals surface area contributed by atoms with Gasteiger partial charge in [0.2, 0.25) is 0 Å². The van der Waals surface area contributed by atoms with Crippen LogP contribution in [0.25, 0.3) is 0 Å². The number of benzene rings is 2. The van der Waals surface area contributed by atoms with Crippen LogP contribution in [0.4, 0.5) is 0 Å². The molecule has 11 nitrogen and oxygen atoms in total. The van der Waals surface area contributed by atoms with Crippen molar-refractivity contribution in [1.82, 2.24) is 9.80 Å². The van der Waals surface area contributed by atoms with Crippen LogP contribution >= 0.6 is 43.5 Å². The third kappa shape index (κ3) is 23.5. The van der Waals surface area contributed by atoms with Crippen molar-refractivity contribution < 1.29 is 148 Å². The molecule has 0 amide bonds. The number of aromatic hydroxyl groups is 1. The number of aldehydes is 2. The molecule has 0 aliphatic carbocycles. The Labute approximate surface area is 368 Å². The third-order valence-electron chi connectivity index (χ3n) is 5.52. The minimum Gasteiger partial charge on any atom is -1.00 e. The predicted octanol–water partition coefficient (Wildman–Crippen LogP) is -2.31. The minimum absolute atomic E-state index is 0. The van der Waals surface area contributed by atoms with E-state index in [1.807, 2.05) is 12.1 Å². The molecule has 2 heterocycles. The number of carbonyl (C=O) groups excluding carboxylic acids is 3. The van der Waals surface area contributed by atoms with Gasteiger partial charge < -0.3 is 30.9 Å². The van der Waals surface area contributed by atoms with Crippen molar-refractivity contribution in [2.45, 2.75) is 7.43 Å². The van der Waals surface area contributed by atoms with E-state index in [1.54, 1.807) is 12.1 Å². The molecule has 2 aliphatic heterocycles. The van der Waals surface area contributed by atoms with Crippen molar-refractivity contribution in [1.29, 1.82) is 0 Å². The molecule has 0 saturated carbocycles. The second kappa shape index (κ2) is 32.7. The van der Waals surface area contributed by atoms with Crippen LogP contribution in [0.3, 0.4) is 0 Å². The zero-order chi connectivity index (χ0) is 30.3. The van der Waals surface area contributed by atoms with Gasteiger partial charge in [0.25, 0.3) is 6.47 Å². The van der Waals surface area contributed by atoms with E-state index in [2.05, 4.69) is 46.5 Å². The zero-order valence-corrected chi connectivity index (χ0v) is 34.6. The van der Waals surface area contributed by atoms with E-state index in [9.17, 15) is 9.59 Å². The Morgan fingerprint density at radius 1 is 0.864 bits per heavy atom. The van der Waals surface area contributed by atoms with E-state index >= 15 is 0 Å². The Morgan fingerprint density at radius 2 is 1.32 bits per heavy atom. The smallest absolute Gasteiger partial charge is 1.00 e. The van der Waals surface area contributed by atoms with E-state index in [0.717, 1.165) is 88.1 Å². The molecule has 1 N–H and O–H groups in total. The average Bonchev–Trinajstić information content (AvgIpc) is 3.01. The van der Waals surface area contributed by atoms with Gasteiger partial charge in [-0.05, 0) is 36.4 Å². The molecule has 0 radical (unpaired) electrons. The first-order valence-corrected chi connectivity index (χ1v) is 14.7. The Kier molecular flexibility index (Phi) is 36.8. The van der Waals surface area contributed by atoms with Crippen LogP contribution in [-0.4, -0.2) is 112 Å². The van der Waals surface area contributed by atoms with Crippen LogP contribution in [-0.2, 0) is 19.2 Å². The third-order valence-corrected chi connectivity index (χ3v) is 7.14. The molecule has 2 aromatic rings. The van der Waals surface area contributed by atoms with Gasteiger partial charge in [-0.3, -0.25) is 24.2 Å². The monoisotopic (exact) mass is 818 g/mol. The molecule has 0 atom stereocenters. The molecule has 0 unspecified atom stereocenters. The van der Waals surface area contributed by atoms with Crippen molar-refractivity contribution >= 4 is 62.5 Å². The van der Waals surface area contributed by atoms with E-state index in [4.69, 9.17) is 41.0 Å². The van der Waals surface area contributed by atoms with Gasteiger partial charge in [0, 0.05) is 65.2 Å². The summed E-state index contributed by atoms with van der Waals surface area (Å²) in [5, 5.41) is 17.3. The van der Waals surface area contributed by atoms with Crippen molar-refractivity contribution in [3.8, 4) is 11.5 Å². The minimum atomic E-state index is -0.181. The number of morpholine rings is 2. The number of ether oxygens (including phenoxy) is 3. The first-order chi connectivity index (χ1) is 19.9. The number of halogens is 3. The fraction of sp³-hybridized carbons (Fsp3) is 0.464. The van der Waals surface area contributed by atoms with Gasteiger partial charge in [-0.25, -0.2) is 0 Å². The average molecular weight is 821 g/mol. The first-order valence-electron chi connectivity index (χ1n) is 12.6. The van der Waals surface area contributed by atoms with E-state index in [1.165, 1.54) is 12.1 Å². The van der Waals surface area contributed by atoms with Gasteiger partial charge in [-0.15, -0.1) is 11.6 Å². The molecule has 44 heavy (non-hydrogen) atoms. The molecule has 0 aromatic heterocycles. The SMILES string of the molecule is C.ClCCN1CCOCC1.O=CO[O-].O=Cc1cc(O)ccc1Br.O=Cc1cc(OCCN2CCOCC2)ccc1Br.[H-].[K+].[K+]. The maximum atomic E-state index is 10.8. The first kappa shape index (κ1) is 49.6. The summed E-state index contributed by atoms with van der Waals surface area (Å²) < 4.78 is 17.6. The van der Waals surface area contributed by atoms with Gasteiger partial charge in [0.05, 0.1) is 26.4 Å². The largest absolute Gasteiger partial charge is 1.00 e. The number of alkyl halides is 1. The van der Waals surface area contributed by atoms with Gasteiger partial charge in [-0.1, -0.05) is 39.3 Å². The second-order valence-corrected chi connectivity index (χ2v) is 10.3. The number of hydrogen-bond acceptors (Lipinski definition) is 11. The van der Waals surface area contributed by atoms with Crippen LogP contribution < -0.4 is 113 Å². The van der Waals surface area contributed by atoms with Gasteiger partial charge in [0.1, 0.15) is 18.1 Å². The van der Waals surface area contributed by atoms with E-state index in [0.29, 0.717) is 28.5 Å². The summed E-state index contributed by atoms with van der Waals surface area (Å²) in [6.07, 6.45) is 1.50. The number of carbonyl (C=O) groups is 3. The molecular weight excluding hydrogens is 782 g/mol. The number of nitrogens with zero attached hydrogens (tertiary/aromatic N) is 2. The summed E-state index contributed by atoms with van der Waals surface area (Å²) in [6.45, 7) is 9.70. The number of phenols is 1. The second-order valence-electron chi connectivity index (χ2n) is 8.26. The van der Waals surface area contributed by atoms with Crippen LogP contribution in [0.15, 0.2) is 45.3 Å². The zero-order valence-electron chi connectivity index (χ0n) is 25.4. The summed E-state index contributed by atoms with van der Waals surface area (Å²) >= 11 is 12.0. The molecule has 238 valence electrons. The molecule has 16 heteroatoms. The van der Waals surface area contributed by atoms with Gasteiger partial charge >= 0.3 is 103 Å². The quantitative estimate of drug-likeness (QED) is 0.0962. The normalized spacial score (nSPS) is 13.9. The van der Waals surface area contributed by atoms with Crippen molar-refractivity contribution in [2.24, 2.45) is 0 Å². The van der Waals surface area contributed by atoms with Crippen molar-refractivity contribution in [3.05, 3.63) is 56.5 Å². The number of hydrogen-bond donors (Lipinski definition) is 1. The van der Waals surface area contributed by atoms with Crippen LogP contribution in [0.1, 0.15) is 29.6 Å². The molecule has 0 bridgehead atoms. The van der Waals surface area contributed by atoms with E-state index < -0.39 is 0 Å². The molecule has 2 aliphatic rings. The molecule has 0 spiro atoms. The molecule has 2 fully saturated rings. The van der Waals surface area contributed by atoms with Crippen LogP contribution in [0, 0.1) is 0 Å². The number of rotatable bonds is 9. The number of phenolic OH excluding ortho intramolecular Hbond substituents is 1. The summed E-state index contributed by atoms with van der Waals surface area (Å²) in [4.78, 5) is 36.9. The van der Waals surface area contributed by atoms with E-state index in [-0.39, 0.29) is 124 Å². The Hall–Kier alpha value is 1.17. The summed E-state index contributed by atoms with van der Waals surface area (Å²) in [5.74, 6) is 1.57. The van der Waals surface area contributed by atoms with Crippen molar-refractivity contribution in [3.63, 3.8) is 0 Å².